The Morgan fingerprint density at radius 1 is 1.14 bits per heavy atom. The normalized spacial score (nSPS) is 9.43. The summed E-state index contributed by atoms with van der Waals surface area (Å²) in [6.45, 7) is 5.49. The van der Waals surface area contributed by atoms with Crippen molar-refractivity contribution in [2.75, 3.05) is 6.61 Å². The third-order valence-corrected chi connectivity index (χ3v) is 0.862. The first-order valence-corrected chi connectivity index (χ1v) is 2.72. The van der Waals surface area contributed by atoms with Gasteiger partial charge in [-0.2, -0.15) is 0 Å². The minimum absolute atomic E-state index is 0.306. The standard InChI is InChI=1S/C6H12O/c1-2-3-4-5-6-7/h1,7H,2-6H2. The molecule has 42 valence electrons. The lowest BCUT2D eigenvalue weighted by atomic mass is 10.2. The van der Waals surface area contributed by atoms with Crippen LogP contribution in [-0.2, 0) is 0 Å². The number of aliphatic hydroxyl groups excluding tert-OH is 1. The van der Waals surface area contributed by atoms with Gasteiger partial charge in [-0.15, -0.1) is 0 Å². The molecule has 0 spiro atoms. The van der Waals surface area contributed by atoms with Crippen molar-refractivity contribution in [3.8, 4) is 0 Å². The molecule has 7 heavy (non-hydrogen) atoms. The smallest absolute Gasteiger partial charge is 0.0431 e. The zero-order valence-electron chi connectivity index (χ0n) is 4.56. The third kappa shape index (κ3) is 5.96. The molecule has 1 N–H and O–H groups in total. The summed E-state index contributed by atoms with van der Waals surface area (Å²) < 4.78 is 0. The second-order valence-electron chi connectivity index (χ2n) is 1.57. The van der Waals surface area contributed by atoms with Crippen molar-refractivity contribution in [3.05, 3.63) is 6.92 Å². The number of hydrogen-bond acceptors (Lipinski definition) is 1. The minimum Gasteiger partial charge on any atom is -0.396 e. The predicted octanol–water partition coefficient (Wildman–Crippen LogP) is 1.25. The second kappa shape index (κ2) is 5.96. The van der Waals surface area contributed by atoms with Gasteiger partial charge in [0.05, 0.1) is 0 Å². The highest BCUT2D eigenvalue weighted by molar-refractivity contribution is 4.41. The van der Waals surface area contributed by atoms with Gasteiger partial charge in [-0.1, -0.05) is 12.8 Å². The molecule has 0 aromatic carbocycles. The van der Waals surface area contributed by atoms with Crippen molar-refractivity contribution >= 4 is 0 Å². The quantitative estimate of drug-likeness (QED) is 0.527. The van der Waals surface area contributed by atoms with Crippen molar-refractivity contribution in [2.24, 2.45) is 0 Å². The van der Waals surface area contributed by atoms with Crippen molar-refractivity contribution in [1.29, 1.82) is 0 Å². The summed E-state index contributed by atoms with van der Waals surface area (Å²) in [7, 11) is 0. The van der Waals surface area contributed by atoms with E-state index < -0.39 is 0 Å². The van der Waals surface area contributed by atoms with Gasteiger partial charge >= 0.3 is 0 Å². The summed E-state index contributed by atoms with van der Waals surface area (Å²) in [5, 5.41) is 8.25. The average molecular weight is 100 g/mol. The van der Waals surface area contributed by atoms with Crippen LogP contribution in [0.25, 0.3) is 0 Å². The first-order valence-electron chi connectivity index (χ1n) is 2.72. The molecule has 0 bridgehead atoms. The number of unbranched alkanes of at least 4 members (excludes halogenated alkanes) is 3. The summed E-state index contributed by atoms with van der Waals surface area (Å²) in [6, 6.07) is 0. The van der Waals surface area contributed by atoms with E-state index in [1.165, 1.54) is 0 Å². The summed E-state index contributed by atoms with van der Waals surface area (Å²) >= 11 is 0. The van der Waals surface area contributed by atoms with Crippen LogP contribution in [0.15, 0.2) is 0 Å². The Morgan fingerprint density at radius 2 is 1.86 bits per heavy atom. The lowest BCUT2D eigenvalue weighted by Gasteiger charge is -1.90. The molecule has 0 heterocycles. The van der Waals surface area contributed by atoms with E-state index in [0.29, 0.717) is 6.61 Å². The van der Waals surface area contributed by atoms with E-state index in [4.69, 9.17) is 12.0 Å². The molecular formula is C6H12O. The highest BCUT2D eigenvalue weighted by atomic mass is 16.2. The maximum absolute atomic E-state index is 8.25. The Bertz CT molecular complexity index is 23.4. The summed E-state index contributed by atoms with van der Waals surface area (Å²) in [6.07, 6.45) is 3.75. The molecule has 0 rings (SSSR count). The SMILES string of the molecule is [CH]CCCCCO. The van der Waals surface area contributed by atoms with Crippen LogP contribution in [0.4, 0.5) is 0 Å². The van der Waals surface area contributed by atoms with E-state index in [0.717, 1.165) is 25.7 Å². The van der Waals surface area contributed by atoms with E-state index in [-0.39, 0.29) is 0 Å². The molecular weight excluding hydrogens is 88.1 g/mol. The Kier molecular flexibility index (Phi) is 5.93. The van der Waals surface area contributed by atoms with Gasteiger partial charge < -0.3 is 5.11 Å². The Hall–Kier alpha value is -0.0400. The average Bonchev–Trinajstić information content (AvgIpc) is 1.69. The van der Waals surface area contributed by atoms with Gasteiger partial charge in [0.25, 0.3) is 0 Å². The molecule has 0 saturated carbocycles. The van der Waals surface area contributed by atoms with Crippen LogP contribution in [0.2, 0.25) is 0 Å². The lowest BCUT2D eigenvalue weighted by molar-refractivity contribution is 0.283. The van der Waals surface area contributed by atoms with Gasteiger partial charge in [-0.25, -0.2) is 0 Å². The molecule has 0 amide bonds. The summed E-state index contributed by atoms with van der Waals surface area (Å²) in [5.41, 5.74) is 0. The topological polar surface area (TPSA) is 20.2 Å². The Balaban J connectivity index is 2.45. The van der Waals surface area contributed by atoms with Gasteiger partial charge in [0.15, 0.2) is 0 Å². The highest BCUT2D eigenvalue weighted by Crippen LogP contribution is 1.95. The van der Waals surface area contributed by atoms with Crippen LogP contribution in [0.3, 0.4) is 0 Å². The molecule has 0 atom stereocenters. The van der Waals surface area contributed by atoms with Crippen LogP contribution in [0.1, 0.15) is 25.7 Å². The van der Waals surface area contributed by atoms with Crippen LogP contribution >= 0.6 is 0 Å². The molecule has 1 nitrogen and oxygen atoms in total. The molecule has 0 saturated heterocycles. The van der Waals surface area contributed by atoms with Crippen LogP contribution in [0, 0.1) is 6.92 Å². The first kappa shape index (κ1) is 6.96. The highest BCUT2D eigenvalue weighted by Gasteiger charge is 1.81. The Labute approximate surface area is 45.4 Å². The molecule has 2 radical (unpaired) electrons. The van der Waals surface area contributed by atoms with Crippen LogP contribution in [-0.4, -0.2) is 11.7 Å². The maximum Gasteiger partial charge on any atom is 0.0431 e. The molecule has 0 aliphatic rings. The molecule has 0 aliphatic heterocycles. The van der Waals surface area contributed by atoms with E-state index in [2.05, 4.69) is 0 Å². The predicted molar refractivity (Wildman–Crippen MR) is 29.9 cm³/mol. The molecule has 0 aromatic rings. The van der Waals surface area contributed by atoms with E-state index in [1.54, 1.807) is 0 Å². The first-order chi connectivity index (χ1) is 3.41. The van der Waals surface area contributed by atoms with Crippen molar-refractivity contribution in [2.45, 2.75) is 25.7 Å². The Morgan fingerprint density at radius 3 is 2.29 bits per heavy atom. The monoisotopic (exact) mass is 100 g/mol. The van der Waals surface area contributed by atoms with Gasteiger partial charge in [0, 0.05) is 6.61 Å². The lowest BCUT2D eigenvalue weighted by Crippen LogP contribution is -1.80. The van der Waals surface area contributed by atoms with Crippen molar-refractivity contribution in [3.63, 3.8) is 0 Å². The van der Waals surface area contributed by atoms with E-state index >= 15 is 0 Å². The maximum atomic E-state index is 8.25. The molecule has 1 heteroatoms. The van der Waals surface area contributed by atoms with Gasteiger partial charge in [-0.05, 0) is 19.8 Å². The fourth-order valence-electron chi connectivity index (χ4n) is 0.433. The third-order valence-electron chi connectivity index (χ3n) is 0.862. The fourth-order valence-corrected chi connectivity index (χ4v) is 0.433. The molecule has 0 aliphatic carbocycles. The van der Waals surface area contributed by atoms with Crippen LogP contribution < -0.4 is 0 Å². The summed E-state index contributed by atoms with van der Waals surface area (Å²) in [4.78, 5) is 0. The second-order valence-corrected chi connectivity index (χ2v) is 1.57. The van der Waals surface area contributed by atoms with Crippen LogP contribution in [0.5, 0.6) is 0 Å². The fraction of sp³-hybridized carbons (Fsp3) is 0.833. The zero-order valence-corrected chi connectivity index (χ0v) is 4.56. The summed E-state index contributed by atoms with van der Waals surface area (Å²) in [5.74, 6) is 0. The van der Waals surface area contributed by atoms with Gasteiger partial charge in [0.2, 0.25) is 0 Å². The number of hydrogen-bond donors (Lipinski definition) is 1. The molecule has 0 aromatic heterocycles. The number of aliphatic hydroxyl groups is 1. The minimum atomic E-state index is 0.306. The van der Waals surface area contributed by atoms with Crippen molar-refractivity contribution in [1.82, 2.24) is 0 Å². The van der Waals surface area contributed by atoms with Gasteiger partial charge in [-0.3, -0.25) is 0 Å². The molecule has 0 unspecified atom stereocenters. The molecule has 0 fully saturated rings. The van der Waals surface area contributed by atoms with E-state index in [1.807, 2.05) is 0 Å². The zero-order chi connectivity index (χ0) is 5.54. The largest absolute Gasteiger partial charge is 0.396 e. The van der Waals surface area contributed by atoms with Gasteiger partial charge in [0.1, 0.15) is 0 Å². The van der Waals surface area contributed by atoms with Crippen molar-refractivity contribution < 1.29 is 5.11 Å². The van der Waals surface area contributed by atoms with E-state index in [9.17, 15) is 0 Å². The number of rotatable bonds is 4.